The van der Waals surface area contributed by atoms with Gasteiger partial charge in [0.15, 0.2) is 0 Å². The summed E-state index contributed by atoms with van der Waals surface area (Å²) in [6.45, 7) is 1.93. The molecule has 1 aromatic heterocycles. The molecule has 0 saturated heterocycles. The molecule has 1 N–H and O–H groups in total. The van der Waals surface area contributed by atoms with E-state index >= 15 is 0 Å². The Morgan fingerprint density at radius 1 is 1.22 bits per heavy atom. The first-order chi connectivity index (χ1) is 8.69. The molecule has 0 aliphatic carbocycles. The number of aromatic nitrogens is 2. The zero-order chi connectivity index (χ0) is 13.4. The van der Waals surface area contributed by atoms with Gasteiger partial charge in [0.1, 0.15) is 9.39 Å². The number of nitrogens with one attached hydrogen (secondary N) is 1. The van der Waals surface area contributed by atoms with Crippen molar-refractivity contribution in [1.29, 1.82) is 0 Å². The third-order valence-corrected chi connectivity index (χ3v) is 3.29. The molecule has 0 aromatic carbocycles. The molecule has 0 spiro atoms. The number of rotatable bonds is 8. The standard InChI is InChI=1S/C11H17IN2O4/c1-16-5-6-18-4-3-9-13-8(7-17-2)10(12)11(15)14-9/h3-7H2,1-2H3,(H,13,14,15). The first-order valence-corrected chi connectivity index (χ1v) is 6.60. The molecule has 7 heteroatoms. The van der Waals surface area contributed by atoms with Crippen LogP contribution in [0.1, 0.15) is 11.5 Å². The molecule has 1 heterocycles. The number of hydrogen-bond donors (Lipinski definition) is 1. The van der Waals surface area contributed by atoms with Gasteiger partial charge in [0.2, 0.25) is 0 Å². The van der Waals surface area contributed by atoms with Gasteiger partial charge in [-0.3, -0.25) is 4.79 Å². The van der Waals surface area contributed by atoms with Gasteiger partial charge in [-0.25, -0.2) is 4.98 Å². The van der Waals surface area contributed by atoms with E-state index in [2.05, 4.69) is 9.97 Å². The first kappa shape index (κ1) is 15.5. The van der Waals surface area contributed by atoms with Crippen LogP contribution in [0, 0.1) is 3.57 Å². The van der Waals surface area contributed by atoms with Crippen LogP contribution >= 0.6 is 22.6 Å². The summed E-state index contributed by atoms with van der Waals surface area (Å²) in [5, 5.41) is 0. The van der Waals surface area contributed by atoms with Crippen molar-refractivity contribution in [2.75, 3.05) is 34.0 Å². The minimum Gasteiger partial charge on any atom is -0.382 e. The van der Waals surface area contributed by atoms with E-state index < -0.39 is 0 Å². The van der Waals surface area contributed by atoms with E-state index in [1.54, 1.807) is 14.2 Å². The Labute approximate surface area is 119 Å². The SMILES string of the molecule is COCCOCCc1nc(COC)c(I)c(=O)[nH]1. The van der Waals surface area contributed by atoms with Gasteiger partial charge in [-0.05, 0) is 22.6 Å². The number of aromatic amines is 1. The quantitative estimate of drug-likeness (QED) is 0.541. The Morgan fingerprint density at radius 3 is 2.67 bits per heavy atom. The predicted molar refractivity (Wildman–Crippen MR) is 74.7 cm³/mol. The van der Waals surface area contributed by atoms with Crippen LogP contribution in [0.3, 0.4) is 0 Å². The third kappa shape index (κ3) is 5.01. The molecule has 18 heavy (non-hydrogen) atoms. The normalized spacial score (nSPS) is 10.8. The van der Waals surface area contributed by atoms with Crippen LogP contribution in [-0.4, -0.2) is 44.0 Å². The Balaban J connectivity index is 2.58. The van der Waals surface area contributed by atoms with E-state index in [0.717, 1.165) is 0 Å². The number of H-pyrrole nitrogens is 1. The highest BCUT2D eigenvalue weighted by atomic mass is 127. The number of ether oxygens (including phenoxy) is 3. The zero-order valence-corrected chi connectivity index (χ0v) is 12.7. The second kappa shape index (κ2) is 8.57. The molecule has 0 radical (unpaired) electrons. The van der Waals surface area contributed by atoms with Crippen molar-refractivity contribution in [2.24, 2.45) is 0 Å². The monoisotopic (exact) mass is 368 g/mol. The summed E-state index contributed by atoms with van der Waals surface area (Å²) in [4.78, 5) is 18.7. The lowest BCUT2D eigenvalue weighted by Gasteiger charge is -2.06. The van der Waals surface area contributed by atoms with Crippen molar-refractivity contribution in [3.63, 3.8) is 0 Å². The number of halogens is 1. The number of methoxy groups -OCH3 is 2. The Hall–Kier alpha value is -0.510. The van der Waals surface area contributed by atoms with Gasteiger partial charge in [0.25, 0.3) is 5.56 Å². The Bertz CT molecular complexity index is 422. The maximum absolute atomic E-state index is 11.7. The molecule has 0 fully saturated rings. The van der Waals surface area contributed by atoms with Crippen molar-refractivity contribution < 1.29 is 14.2 Å². The van der Waals surface area contributed by atoms with Gasteiger partial charge in [0.05, 0.1) is 32.1 Å². The molecule has 6 nitrogen and oxygen atoms in total. The minimum atomic E-state index is -0.135. The summed E-state index contributed by atoms with van der Waals surface area (Å²) in [5.74, 6) is 0.616. The molecule has 0 amide bonds. The van der Waals surface area contributed by atoms with Crippen LogP contribution in [0.5, 0.6) is 0 Å². The fourth-order valence-electron chi connectivity index (χ4n) is 1.32. The van der Waals surface area contributed by atoms with Crippen LogP contribution in [0.2, 0.25) is 0 Å². The number of nitrogens with zero attached hydrogens (tertiary/aromatic N) is 1. The summed E-state index contributed by atoms with van der Waals surface area (Å²) in [7, 11) is 3.20. The van der Waals surface area contributed by atoms with Crippen molar-refractivity contribution in [3.8, 4) is 0 Å². The minimum absolute atomic E-state index is 0.135. The zero-order valence-electron chi connectivity index (χ0n) is 10.5. The highest BCUT2D eigenvalue weighted by Gasteiger charge is 2.08. The summed E-state index contributed by atoms with van der Waals surface area (Å²) in [6.07, 6.45) is 0.562. The summed E-state index contributed by atoms with van der Waals surface area (Å²) >= 11 is 1.97. The molecule has 0 aliphatic rings. The molecule has 0 bridgehead atoms. The van der Waals surface area contributed by atoms with Crippen molar-refractivity contribution in [2.45, 2.75) is 13.0 Å². The molecule has 102 valence electrons. The van der Waals surface area contributed by atoms with Crippen molar-refractivity contribution in [3.05, 3.63) is 25.4 Å². The van der Waals surface area contributed by atoms with Crippen LogP contribution < -0.4 is 5.56 Å². The summed E-state index contributed by atoms with van der Waals surface area (Å²) in [6, 6.07) is 0. The van der Waals surface area contributed by atoms with Crippen LogP contribution in [-0.2, 0) is 27.2 Å². The average molecular weight is 368 g/mol. The van der Waals surface area contributed by atoms with Crippen LogP contribution in [0.25, 0.3) is 0 Å². The van der Waals surface area contributed by atoms with E-state index in [0.29, 0.717) is 47.9 Å². The molecule has 0 unspecified atom stereocenters. The van der Waals surface area contributed by atoms with Crippen LogP contribution in [0.4, 0.5) is 0 Å². The molecular weight excluding hydrogens is 351 g/mol. The van der Waals surface area contributed by atoms with Crippen molar-refractivity contribution >= 4 is 22.6 Å². The van der Waals surface area contributed by atoms with Crippen LogP contribution in [0.15, 0.2) is 4.79 Å². The highest BCUT2D eigenvalue weighted by Crippen LogP contribution is 2.06. The predicted octanol–water partition coefficient (Wildman–Crippen LogP) is 0.726. The molecular formula is C11H17IN2O4. The molecule has 0 atom stereocenters. The van der Waals surface area contributed by atoms with Gasteiger partial charge >= 0.3 is 0 Å². The third-order valence-electron chi connectivity index (χ3n) is 2.18. The summed E-state index contributed by atoms with van der Waals surface area (Å²) in [5.41, 5.74) is 0.526. The van der Waals surface area contributed by atoms with Gasteiger partial charge in [-0.1, -0.05) is 0 Å². The molecule has 0 saturated carbocycles. The van der Waals surface area contributed by atoms with Crippen molar-refractivity contribution in [1.82, 2.24) is 9.97 Å². The molecule has 1 rings (SSSR count). The maximum atomic E-state index is 11.7. The maximum Gasteiger partial charge on any atom is 0.264 e. The lowest BCUT2D eigenvalue weighted by molar-refractivity contribution is 0.0715. The van der Waals surface area contributed by atoms with Gasteiger partial charge in [0, 0.05) is 20.6 Å². The fourth-order valence-corrected chi connectivity index (χ4v) is 1.73. The van der Waals surface area contributed by atoms with E-state index in [1.165, 1.54) is 0 Å². The van der Waals surface area contributed by atoms with E-state index in [9.17, 15) is 4.79 Å². The fraction of sp³-hybridized carbons (Fsp3) is 0.636. The summed E-state index contributed by atoms with van der Waals surface area (Å²) < 4.78 is 15.8. The topological polar surface area (TPSA) is 73.4 Å². The number of hydrogen-bond acceptors (Lipinski definition) is 5. The van der Waals surface area contributed by atoms with E-state index in [-0.39, 0.29) is 5.56 Å². The highest BCUT2D eigenvalue weighted by molar-refractivity contribution is 14.1. The van der Waals surface area contributed by atoms with Gasteiger partial charge in [-0.2, -0.15) is 0 Å². The largest absolute Gasteiger partial charge is 0.382 e. The lowest BCUT2D eigenvalue weighted by atomic mass is 10.3. The average Bonchev–Trinajstić information content (AvgIpc) is 2.35. The lowest BCUT2D eigenvalue weighted by Crippen LogP contribution is -2.19. The van der Waals surface area contributed by atoms with Gasteiger partial charge in [-0.15, -0.1) is 0 Å². The Morgan fingerprint density at radius 2 is 2.00 bits per heavy atom. The Kier molecular flexibility index (Phi) is 7.40. The second-order valence-corrected chi connectivity index (χ2v) is 4.64. The first-order valence-electron chi connectivity index (χ1n) is 5.52. The van der Waals surface area contributed by atoms with Gasteiger partial charge < -0.3 is 19.2 Å². The molecule has 1 aromatic rings. The smallest absolute Gasteiger partial charge is 0.264 e. The van der Waals surface area contributed by atoms with E-state index in [4.69, 9.17) is 14.2 Å². The van der Waals surface area contributed by atoms with E-state index in [1.807, 2.05) is 22.6 Å². The molecule has 0 aliphatic heterocycles. The second-order valence-electron chi connectivity index (χ2n) is 3.56.